The monoisotopic (exact) mass is 278 g/mol. The molecule has 0 saturated carbocycles. The minimum atomic E-state index is 0.432. The Morgan fingerprint density at radius 2 is 2.10 bits per heavy atom. The fourth-order valence-electron chi connectivity index (χ4n) is 1.77. The van der Waals surface area contributed by atoms with Crippen LogP contribution in [0.1, 0.15) is 45.1 Å². The molecule has 0 unspecified atom stereocenters. The maximum atomic E-state index is 4.13. The summed E-state index contributed by atoms with van der Waals surface area (Å²) in [6.45, 7) is 8.47. The highest BCUT2D eigenvalue weighted by Crippen LogP contribution is 2.01. The first-order chi connectivity index (χ1) is 9.69. The van der Waals surface area contributed by atoms with Crippen molar-refractivity contribution in [1.29, 1.82) is 0 Å². The van der Waals surface area contributed by atoms with Crippen LogP contribution in [0.15, 0.2) is 6.20 Å². The van der Waals surface area contributed by atoms with Gasteiger partial charge in [0.05, 0.1) is 11.9 Å². The van der Waals surface area contributed by atoms with Crippen molar-refractivity contribution in [1.82, 2.24) is 40.5 Å². The predicted molar refractivity (Wildman–Crippen MR) is 73.8 cm³/mol. The molecule has 0 bridgehead atoms. The Morgan fingerprint density at radius 1 is 1.25 bits per heavy atom. The lowest BCUT2D eigenvalue weighted by atomic mass is 10.3. The molecule has 0 aliphatic carbocycles. The van der Waals surface area contributed by atoms with Crippen molar-refractivity contribution in [3.63, 3.8) is 0 Å². The number of unbranched alkanes of at least 4 members (excludes halogenated alkanes) is 1. The SMILES string of the molecule is CCCCn1nnnc1Cn1cc(CNC(C)C)nn1. The molecule has 0 atom stereocenters. The normalized spacial score (nSPS) is 11.4. The Kier molecular flexibility index (Phi) is 5.16. The molecule has 0 amide bonds. The third-order valence-electron chi connectivity index (χ3n) is 2.91. The zero-order valence-corrected chi connectivity index (χ0v) is 12.3. The van der Waals surface area contributed by atoms with E-state index in [1.807, 2.05) is 10.9 Å². The summed E-state index contributed by atoms with van der Waals surface area (Å²) in [5.74, 6) is 0.812. The average molecular weight is 278 g/mol. The zero-order valence-electron chi connectivity index (χ0n) is 12.3. The Morgan fingerprint density at radius 3 is 2.85 bits per heavy atom. The van der Waals surface area contributed by atoms with E-state index in [-0.39, 0.29) is 0 Å². The molecule has 8 nitrogen and oxygen atoms in total. The zero-order chi connectivity index (χ0) is 14.4. The average Bonchev–Trinajstić information content (AvgIpc) is 3.04. The first kappa shape index (κ1) is 14.6. The van der Waals surface area contributed by atoms with Crippen molar-refractivity contribution in [3.8, 4) is 0 Å². The maximum Gasteiger partial charge on any atom is 0.172 e. The Labute approximate surface area is 118 Å². The van der Waals surface area contributed by atoms with Crippen LogP contribution in [-0.2, 0) is 19.6 Å². The molecular weight excluding hydrogens is 256 g/mol. The molecule has 0 fully saturated rings. The van der Waals surface area contributed by atoms with Gasteiger partial charge in [0.2, 0.25) is 0 Å². The molecule has 2 heterocycles. The highest BCUT2D eigenvalue weighted by Gasteiger charge is 2.08. The van der Waals surface area contributed by atoms with Gasteiger partial charge < -0.3 is 5.32 Å². The summed E-state index contributed by atoms with van der Waals surface area (Å²) in [4.78, 5) is 0. The van der Waals surface area contributed by atoms with Gasteiger partial charge in [-0.3, -0.25) is 0 Å². The molecule has 2 aromatic heterocycles. The van der Waals surface area contributed by atoms with Gasteiger partial charge >= 0.3 is 0 Å². The van der Waals surface area contributed by atoms with Crippen LogP contribution in [0.25, 0.3) is 0 Å². The number of nitrogens with one attached hydrogen (secondary N) is 1. The van der Waals surface area contributed by atoms with Gasteiger partial charge in [-0.15, -0.1) is 10.2 Å². The van der Waals surface area contributed by atoms with Gasteiger partial charge in [0.15, 0.2) is 5.82 Å². The molecule has 0 saturated heterocycles. The fraction of sp³-hybridized carbons (Fsp3) is 0.750. The molecule has 110 valence electrons. The second-order valence-corrected chi connectivity index (χ2v) is 5.11. The largest absolute Gasteiger partial charge is 0.309 e. The van der Waals surface area contributed by atoms with E-state index in [1.54, 1.807) is 4.68 Å². The quantitative estimate of drug-likeness (QED) is 0.761. The van der Waals surface area contributed by atoms with Crippen molar-refractivity contribution >= 4 is 0 Å². The van der Waals surface area contributed by atoms with E-state index < -0.39 is 0 Å². The molecule has 8 heteroatoms. The number of hydrogen-bond acceptors (Lipinski definition) is 6. The Hall–Kier alpha value is -1.83. The van der Waals surface area contributed by atoms with E-state index in [0.717, 1.165) is 37.4 Å². The van der Waals surface area contributed by atoms with Gasteiger partial charge in [0.25, 0.3) is 0 Å². The molecule has 0 aliphatic rings. The van der Waals surface area contributed by atoms with Crippen LogP contribution in [0.3, 0.4) is 0 Å². The second kappa shape index (κ2) is 7.09. The van der Waals surface area contributed by atoms with Gasteiger partial charge in [-0.2, -0.15) is 0 Å². The van der Waals surface area contributed by atoms with E-state index in [2.05, 4.69) is 51.9 Å². The van der Waals surface area contributed by atoms with E-state index >= 15 is 0 Å². The third kappa shape index (κ3) is 4.09. The van der Waals surface area contributed by atoms with E-state index in [9.17, 15) is 0 Å². The van der Waals surface area contributed by atoms with Crippen molar-refractivity contribution < 1.29 is 0 Å². The van der Waals surface area contributed by atoms with Crippen LogP contribution in [0.5, 0.6) is 0 Å². The topological polar surface area (TPSA) is 86.3 Å². The lowest BCUT2D eigenvalue weighted by Crippen LogP contribution is -2.21. The van der Waals surface area contributed by atoms with E-state index in [4.69, 9.17) is 0 Å². The molecule has 0 aliphatic heterocycles. The second-order valence-electron chi connectivity index (χ2n) is 5.11. The van der Waals surface area contributed by atoms with Crippen molar-refractivity contribution in [2.24, 2.45) is 0 Å². The van der Waals surface area contributed by atoms with Crippen LogP contribution in [0.2, 0.25) is 0 Å². The summed E-state index contributed by atoms with van der Waals surface area (Å²) in [5, 5.41) is 23.3. The van der Waals surface area contributed by atoms with Crippen LogP contribution < -0.4 is 5.32 Å². The molecule has 2 rings (SSSR count). The van der Waals surface area contributed by atoms with Gasteiger partial charge in [-0.05, 0) is 16.8 Å². The summed E-state index contributed by atoms with van der Waals surface area (Å²) >= 11 is 0. The van der Waals surface area contributed by atoms with Gasteiger partial charge in [-0.25, -0.2) is 9.36 Å². The third-order valence-corrected chi connectivity index (χ3v) is 2.91. The summed E-state index contributed by atoms with van der Waals surface area (Å²) < 4.78 is 3.60. The molecule has 0 radical (unpaired) electrons. The number of rotatable bonds is 8. The van der Waals surface area contributed by atoms with Crippen LogP contribution in [-0.4, -0.2) is 41.2 Å². The maximum absolute atomic E-state index is 4.13. The fourth-order valence-corrected chi connectivity index (χ4v) is 1.77. The molecule has 2 aromatic rings. The Bertz CT molecular complexity index is 515. The molecule has 20 heavy (non-hydrogen) atoms. The lowest BCUT2D eigenvalue weighted by Gasteiger charge is -2.04. The highest BCUT2D eigenvalue weighted by atomic mass is 15.6. The molecule has 1 N–H and O–H groups in total. The molecular formula is C12H22N8. The number of aryl methyl sites for hydroxylation is 1. The van der Waals surface area contributed by atoms with Crippen LogP contribution >= 0.6 is 0 Å². The van der Waals surface area contributed by atoms with Gasteiger partial charge in [-0.1, -0.05) is 32.4 Å². The number of aromatic nitrogens is 7. The van der Waals surface area contributed by atoms with Crippen molar-refractivity contribution in [2.45, 2.75) is 59.3 Å². The van der Waals surface area contributed by atoms with Crippen molar-refractivity contribution in [2.75, 3.05) is 0 Å². The van der Waals surface area contributed by atoms with E-state index in [1.165, 1.54) is 0 Å². The summed E-state index contributed by atoms with van der Waals surface area (Å²) in [5.41, 5.74) is 0.922. The standard InChI is InChI=1S/C12H22N8/c1-4-5-6-20-12(15-16-18-20)9-19-8-11(14-17-19)7-13-10(2)3/h8,10,13H,4-7,9H2,1-3H3. The van der Waals surface area contributed by atoms with Crippen LogP contribution in [0, 0.1) is 0 Å². The van der Waals surface area contributed by atoms with Gasteiger partial charge in [0, 0.05) is 19.1 Å². The molecule has 0 spiro atoms. The minimum absolute atomic E-state index is 0.432. The van der Waals surface area contributed by atoms with Crippen LogP contribution in [0.4, 0.5) is 0 Å². The lowest BCUT2D eigenvalue weighted by molar-refractivity contribution is 0.511. The molecule has 0 aromatic carbocycles. The summed E-state index contributed by atoms with van der Waals surface area (Å²) in [6, 6.07) is 0.432. The highest BCUT2D eigenvalue weighted by molar-refractivity contribution is 4.94. The van der Waals surface area contributed by atoms with Crippen molar-refractivity contribution in [3.05, 3.63) is 17.7 Å². The first-order valence-corrected chi connectivity index (χ1v) is 7.06. The number of tetrazole rings is 1. The smallest absolute Gasteiger partial charge is 0.172 e. The number of hydrogen-bond donors (Lipinski definition) is 1. The Balaban J connectivity index is 1.94. The minimum Gasteiger partial charge on any atom is -0.309 e. The van der Waals surface area contributed by atoms with Gasteiger partial charge in [0.1, 0.15) is 6.54 Å². The summed E-state index contributed by atoms with van der Waals surface area (Å²) in [7, 11) is 0. The first-order valence-electron chi connectivity index (χ1n) is 7.06. The predicted octanol–water partition coefficient (Wildman–Crippen LogP) is 0.611. The van der Waals surface area contributed by atoms with E-state index in [0.29, 0.717) is 12.6 Å². The summed E-state index contributed by atoms with van der Waals surface area (Å²) in [6.07, 6.45) is 4.11. The number of nitrogens with zero attached hydrogens (tertiary/aromatic N) is 7.